The van der Waals surface area contributed by atoms with Crippen molar-refractivity contribution >= 4 is 13.4 Å². The van der Waals surface area contributed by atoms with Gasteiger partial charge in [0.2, 0.25) is 0 Å². The van der Waals surface area contributed by atoms with Crippen LogP contribution in [0.3, 0.4) is 0 Å². The van der Waals surface area contributed by atoms with Crippen LogP contribution in [-0.2, 0) is 9.36 Å². The van der Waals surface area contributed by atoms with Crippen LogP contribution in [0.5, 0.6) is 0 Å². The predicted octanol–water partition coefficient (Wildman–Crippen LogP) is -0.168. The van der Waals surface area contributed by atoms with E-state index in [1.54, 1.807) is 0 Å². The van der Waals surface area contributed by atoms with Crippen LogP contribution in [0.2, 0.25) is 0 Å². The summed E-state index contributed by atoms with van der Waals surface area (Å²) in [4.78, 5) is 27.6. The second-order valence-electron chi connectivity index (χ2n) is 2.28. The van der Waals surface area contributed by atoms with Crippen molar-refractivity contribution in [2.45, 2.75) is 13.0 Å². The van der Waals surface area contributed by atoms with E-state index in [1.165, 1.54) is 6.92 Å². The second-order valence-corrected chi connectivity index (χ2v) is 3.72. The van der Waals surface area contributed by atoms with Crippen LogP contribution in [0.4, 0.5) is 0 Å². The van der Waals surface area contributed by atoms with Crippen molar-refractivity contribution in [1.82, 2.24) is 0 Å². The summed E-state index contributed by atoms with van der Waals surface area (Å²) < 4.78 is 10.3. The van der Waals surface area contributed by atoms with E-state index in [-0.39, 0.29) is 5.57 Å². The third-order valence-corrected chi connectivity index (χ3v) is 1.78. The van der Waals surface area contributed by atoms with Crippen molar-refractivity contribution in [2.75, 3.05) is 0 Å². The summed E-state index contributed by atoms with van der Waals surface area (Å²) in [7, 11) is -4.34. The van der Waals surface area contributed by atoms with Crippen molar-refractivity contribution in [3.8, 4) is 0 Å². The standard InChI is InChI=1S/C6H10O5P/c1-4(3-12(9,10)11)6(8)5(2)7/h3,5,7H,2H2,1H3,(H2,9,10,11). The molecular formula is C6H10O5P. The molecule has 5 nitrogen and oxygen atoms in total. The van der Waals surface area contributed by atoms with E-state index < -0.39 is 19.5 Å². The molecule has 3 N–H and O–H groups in total. The summed E-state index contributed by atoms with van der Waals surface area (Å²) in [5.41, 5.74) is -0.189. The molecule has 0 aliphatic carbocycles. The Morgan fingerprint density at radius 2 is 2.00 bits per heavy atom. The fourth-order valence-electron chi connectivity index (χ4n) is 0.579. The maximum absolute atomic E-state index is 10.8. The molecule has 0 aromatic rings. The fourth-order valence-corrected chi connectivity index (χ4v) is 1.21. The molecule has 1 unspecified atom stereocenters. The summed E-state index contributed by atoms with van der Waals surface area (Å²) in [6.45, 7) is 4.21. The quantitative estimate of drug-likeness (QED) is 0.427. The topological polar surface area (TPSA) is 94.8 Å². The van der Waals surface area contributed by atoms with Crippen LogP contribution < -0.4 is 0 Å². The van der Waals surface area contributed by atoms with Gasteiger partial charge in [0, 0.05) is 11.4 Å². The molecule has 0 aliphatic rings. The molecule has 0 aromatic carbocycles. The number of aliphatic hydroxyl groups excluding tert-OH is 1. The minimum absolute atomic E-state index is 0.189. The highest BCUT2D eigenvalue weighted by atomic mass is 31.2. The molecule has 0 saturated heterocycles. The molecule has 0 saturated carbocycles. The fraction of sp³-hybridized carbons (Fsp3) is 0.333. The van der Waals surface area contributed by atoms with Crippen molar-refractivity contribution in [2.24, 2.45) is 0 Å². The van der Waals surface area contributed by atoms with E-state index in [4.69, 9.17) is 14.9 Å². The molecule has 0 rings (SSSR count). The Kier molecular flexibility index (Phi) is 3.80. The minimum atomic E-state index is -4.34. The van der Waals surface area contributed by atoms with Crippen LogP contribution in [-0.4, -0.2) is 26.8 Å². The third-order valence-electron chi connectivity index (χ3n) is 1.05. The number of rotatable bonds is 3. The Bertz CT molecular complexity index is 249. The lowest BCUT2D eigenvalue weighted by molar-refractivity contribution is -0.121. The van der Waals surface area contributed by atoms with Gasteiger partial charge in [-0.15, -0.1) is 0 Å². The minimum Gasteiger partial charge on any atom is -0.385 e. The molecule has 0 heterocycles. The van der Waals surface area contributed by atoms with E-state index in [0.717, 1.165) is 0 Å². The molecule has 1 atom stereocenters. The summed E-state index contributed by atoms with van der Waals surface area (Å²) in [5.74, 6) is -0.290. The van der Waals surface area contributed by atoms with E-state index in [1.807, 2.05) is 0 Å². The zero-order valence-electron chi connectivity index (χ0n) is 6.47. The van der Waals surface area contributed by atoms with Crippen molar-refractivity contribution < 1.29 is 24.3 Å². The van der Waals surface area contributed by atoms with Gasteiger partial charge in [-0.3, -0.25) is 9.36 Å². The Morgan fingerprint density at radius 1 is 1.58 bits per heavy atom. The molecule has 6 heteroatoms. The monoisotopic (exact) mass is 193 g/mol. The van der Waals surface area contributed by atoms with Gasteiger partial charge in [-0.05, 0) is 13.8 Å². The summed E-state index contributed by atoms with van der Waals surface area (Å²) in [5, 5.41) is 8.63. The van der Waals surface area contributed by atoms with Crippen molar-refractivity contribution in [3.63, 3.8) is 0 Å². The number of carbonyl (C=O) groups excluding carboxylic acids is 1. The molecule has 0 bridgehead atoms. The zero-order valence-corrected chi connectivity index (χ0v) is 7.36. The Hall–Kier alpha value is -0.480. The van der Waals surface area contributed by atoms with Gasteiger partial charge in [-0.25, -0.2) is 0 Å². The third kappa shape index (κ3) is 4.41. The van der Waals surface area contributed by atoms with Gasteiger partial charge in [-0.2, -0.15) is 0 Å². The molecule has 1 radical (unpaired) electrons. The number of Topliss-reactive ketones (excluding diaryl/α,β-unsaturated/α-hetero) is 1. The molecule has 0 spiro atoms. The van der Waals surface area contributed by atoms with Gasteiger partial charge < -0.3 is 14.9 Å². The SMILES string of the molecule is [CH2]C(O)C(=O)C(C)=CP(=O)(O)O. The number of aliphatic hydroxyl groups is 1. The average Bonchev–Trinajstić information content (AvgIpc) is 1.82. The summed E-state index contributed by atoms with van der Waals surface area (Å²) in [6.07, 6.45) is -1.48. The zero-order chi connectivity index (χ0) is 9.94. The number of hydrogen-bond donors (Lipinski definition) is 3. The Labute approximate surface area is 69.9 Å². The van der Waals surface area contributed by atoms with Crippen LogP contribution in [0.15, 0.2) is 11.4 Å². The average molecular weight is 193 g/mol. The largest absolute Gasteiger partial charge is 0.385 e. The second kappa shape index (κ2) is 3.96. The van der Waals surface area contributed by atoms with E-state index in [9.17, 15) is 9.36 Å². The van der Waals surface area contributed by atoms with E-state index >= 15 is 0 Å². The lowest BCUT2D eigenvalue weighted by Gasteiger charge is -2.03. The highest BCUT2D eigenvalue weighted by Crippen LogP contribution is 2.37. The number of ketones is 1. The molecule has 12 heavy (non-hydrogen) atoms. The van der Waals surface area contributed by atoms with Gasteiger partial charge in [0.25, 0.3) is 0 Å². The highest BCUT2D eigenvalue weighted by molar-refractivity contribution is 7.55. The van der Waals surface area contributed by atoms with Crippen LogP contribution in [0.25, 0.3) is 0 Å². The van der Waals surface area contributed by atoms with Gasteiger partial charge >= 0.3 is 7.60 Å². The van der Waals surface area contributed by atoms with Crippen molar-refractivity contribution in [1.29, 1.82) is 0 Å². The van der Waals surface area contributed by atoms with Crippen LogP contribution in [0, 0.1) is 6.92 Å². The van der Waals surface area contributed by atoms with Crippen molar-refractivity contribution in [3.05, 3.63) is 18.3 Å². The predicted molar refractivity (Wildman–Crippen MR) is 42.2 cm³/mol. The molecule has 0 fully saturated rings. The summed E-state index contributed by atoms with van der Waals surface area (Å²) >= 11 is 0. The number of carbonyl (C=O) groups is 1. The normalized spacial score (nSPS) is 15.9. The molecule has 0 amide bonds. The molecule has 0 aliphatic heterocycles. The van der Waals surface area contributed by atoms with E-state index in [0.29, 0.717) is 5.82 Å². The van der Waals surface area contributed by atoms with Gasteiger partial charge in [0.05, 0.1) is 0 Å². The summed E-state index contributed by atoms with van der Waals surface area (Å²) in [6, 6.07) is 0. The smallest absolute Gasteiger partial charge is 0.349 e. The first-order valence-corrected chi connectivity index (χ1v) is 4.72. The lowest BCUT2D eigenvalue weighted by Crippen LogP contribution is -2.17. The Balaban J connectivity index is 4.61. The first-order valence-electron chi connectivity index (χ1n) is 3.04. The van der Waals surface area contributed by atoms with E-state index in [2.05, 4.69) is 6.92 Å². The maximum atomic E-state index is 10.8. The van der Waals surface area contributed by atoms with Gasteiger partial charge in [-0.1, -0.05) is 0 Å². The lowest BCUT2D eigenvalue weighted by atomic mass is 10.1. The molecule has 69 valence electrons. The Morgan fingerprint density at radius 3 is 2.25 bits per heavy atom. The molecular weight excluding hydrogens is 183 g/mol. The first kappa shape index (κ1) is 11.5. The maximum Gasteiger partial charge on any atom is 0.349 e. The highest BCUT2D eigenvalue weighted by Gasteiger charge is 2.16. The molecule has 0 aromatic heterocycles. The van der Waals surface area contributed by atoms with Gasteiger partial charge in [0.1, 0.15) is 6.10 Å². The van der Waals surface area contributed by atoms with Gasteiger partial charge in [0.15, 0.2) is 5.78 Å². The van der Waals surface area contributed by atoms with Crippen LogP contribution >= 0.6 is 7.60 Å². The number of hydrogen-bond acceptors (Lipinski definition) is 3. The first-order chi connectivity index (χ1) is 5.24. The van der Waals surface area contributed by atoms with Crippen LogP contribution in [0.1, 0.15) is 6.92 Å².